The fourth-order valence-corrected chi connectivity index (χ4v) is 3.27. The van der Waals surface area contributed by atoms with Gasteiger partial charge in [-0.15, -0.1) is 11.3 Å². The minimum Gasteiger partial charge on any atom is -0.383 e. The van der Waals surface area contributed by atoms with Crippen LogP contribution in [0.3, 0.4) is 0 Å². The quantitative estimate of drug-likeness (QED) is 0.763. The van der Waals surface area contributed by atoms with Crippen LogP contribution in [0.2, 0.25) is 0 Å². The summed E-state index contributed by atoms with van der Waals surface area (Å²) in [6, 6.07) is 14.3. The average molecular weight is 269 g/mol. The highest BCUT2D eigenvalue weighted by atomic mass is 32.1. The largest absolute Gasteiger partial charge is 0.383 e. The maximum absolute atomic E-state index is 10.5. The van der Waals surface area contributed by atoms with Crippen molar-refractivity contribution in [2.45, 2.75) is 20.0 Å². The Morgan fingerprint density at radius 3 is 2.47 bits per heavy atom. The maximum atomic E-state index is 10.5. The van der Waals surface area contributed by atoms with E-state index in [1.54, 1.807) is 11.3 Å². The van der Waals surface area contributed by atoms with E-state index < -0.39 is 6.10 Å². The molecule has 0 amide bonds. The molecule has 1 aromatic heterocycles. The summed E-state index contributed by atoms with van der Waals surface area (Å²) in [6.45, 7) is 3.91. The Bertz CT molecular complexity index is 732. The zero-order chi connectivity index (χ0) is 13.4. The monoisotopic (exact) mass is 269 g/mol. The molecule has 0 fully saturated rings. The van der Waals surface area contributed by atoms with Crippen LogP contribution in [-0.4, -0.2) is 10.1 Å². The molecule has 0 aliphatic rings. The molecule has 3 rings (SSSR count). The number of rotatable bonds is 2. The first-order valence-electron chi connectivity index (χ1n) is 6.26. The molecule has 3 aromatic rings. The van der Waals surface area contributed by atoms with Gasteiger partial charge in [0.15, 0.2) is 0 Å². The van der Waals surface area contributed by atoms with Gasteiger partial charge < -0.3 is 5.11 Å². The third-order valence-electron chi connectivity index (χ3n) is 3.28. The molecule has 0 saturated heterocycles. The van der Waals surface area contributed by atoms with Crippen molar-refractivity contribution in [3.63, 3.8) is 0 Å². The van der Waals surface area contributed by atoms with Crippen LogP contribution >= 0.6 is 11.3 Å². The van der Waals surface area contributed by atoms with Gasteiger partial charge in [0.05, 0.1) is 15.6 Å². The molecule has 2 nitrogen and oxygen atoms in total. The highest BCUT2D eigenvalue weighted by molar-refractivity contribution is 7.11. The number of aliphatic hydroxyl groups excluding tert-OH is 1. The standard InChI is InChI=1S/C16H15NOS/c1-10-16(19-11(2)17-10)15(18)14-8-7-12-5-3-4-6-13(12)9-14/h3-9,15,18H,1-2H3. The van der Waals surface area contributed by atoms with Crippen LogP contribution in [0.5, 0.6) is 0 Å². The normalized spacial score (nSPS) is 12.8. The number of fused-ring (bicyclic) bond motifs is 1. The zero-order valence-corrected chi connectivity index (χ0v) is 11.7. The van der Waals surface area contributed by atoms with Crippen molar-refractivity contribution in [1.82, 2.24) is 4.98 Å². The number of aromatic nitrogens is 1. The molecule has 3 heteroatoms. The number of hydrogen-bond acceptors (Lipinski definition) is 3. The van der Waals surface area contributed by atoms with Crippen molar-refractivity contribution in [2.24, 2.45) is 0 Å². The van der Waals surface area contributed by atoms with Crippen LogP contribution in [0.4, 0.5) is 0 Å². The Morgan fingerprint density at radius 1 is 1.05 bits per heavy atom. The Hall–Kier alpha value is -1.71. The molecule has 96 valence electrons. The van der Waals surface area contributed by atoms with Gasteiger partial charge in [-0.1, -0.05) is 36.4 Å². The van der Waals surface area contributed by atoms with E-state index in [0.29, 0.717) is 0 Å². The molecule has 1 heterocycles. The van der Waals surface area contributed by atoms with Gasteiger partial charge in [-0.3, -0.25) is 0 Å². The lowest BCUT2D eigenvalue weighted by Gasteiger charge is -2.10. The van der Waals surface area contributed by atoms with Gasteiger partial charge in [0.1, 0.15) is 6.10 Å². The zero-order valence-electron chi connectivity index (χ0n) is 10.9. The summed E-state index contributed by atoms with van der Waals surface area (Å²) in [4.78, 5) is 5.32. The molecule has 0 aliphatic carbocycles. The summed E-state index contributed by atoms with van der Waals surface area (Å²) in [6.07, 6.45) is -0.587. The molecule has 1 unspecified atom stereocenters. The van der Waals surface area contributed by atoms with Crippen molar-refractivity contribution < 1.29 is 5.11 Å². The molecule has 19 heavy (non-hydrogen) atoms. The molecule has 0 radical (unpaired) electrons. The molecule has 2 aromatic carbocycles. The fraction of sp³-hybridized carbons (Fsp3) is 0.188. The molecule has 0 bridgehead atoms. The molecule has 1 atom stereocenters. The fourth-order valence-electron chi connectivity index (χ4n) is 2.33. The van der Waals surface area contributed by atoms with Crippen LogP contribution in [0, 0.1) is 13.8 Å². The molecular weight excluding hydrogens is 254 g/mol. The van der Waals surface area contributed by atoms with Crippen molar-refractivity contribution in [1.29, 1.82) is 0 Å². The Kier molecular flexibility index (Phi) is 3.09. The molecule has 0 saturated carbocycles. The third-order valence-corrected chi connectivity index (χ3v) is 4.40. The summed E-state index contributed by atoms with van der Waals surface area (Å²) in [5, 5.41) is 13.9. The van der Waals surface area contributed by atoms with E-state index in [0.717, 1.165) is 26.5 Å². The van der Waals surface area contributed by atoms with Gasteiger partial charge in [0, 0.05) is 0 Å². The minimum atomic E-state index is -0.587. The summed E-state index contributed by atoms with van der Waals surface area (Å²) >= 11 is 1.56. The lowest BCUT2D eigenvalue weighted by Crippen LogP contribution is -1.99. The Labute approximate surface area is 116 Å². The lowest BCUT2D eigenvalue weighted by molar-refractivity contribution is 0.223. The summed E-state index contributed by atoms with van der Waals surface area (Å²) in [5.74, 6) is 0. The van der Waals surface area contributed by atoms with Gasteiger partial charge in [0.25, 0.3) is 0 Å². The van der Waals surface area contributed by atoms with E-state index in [9.17, 15) is 5.11 Å². The highest BCUT2D eigenvalue weighted by Crippen LogP contribution is 2.31. The topological polar surface area (TPSA) is 33.1 Å². The lowest BCUT2D eigenvalue weighted by atomic mass is 10.0. The highest BCUT2D eigenvalue weighted by Gasteiger charge is 2.16. The van der Waals surface area contributed by atoms with E-state index in [-0.39, 0.29) is 0 Å². The molecule has 0 spiro atoms. The van der Waals surface area contributed by atoms with Crippen LogP contribution in [0.25, 0.3) is 10.8 Å². The first kappa shape index (κ1) is 12.3. The van der Waals surface area contributed by atoms with Crippen LogP contribution in [0.15, 0.2) is 42.5 Å². The molecule has 0 aliphatic heterocycles. The van der Waals surface area contributed by atoms with Crippen molar-refractivity contribution in [3.8, 4) is 0 Å². The Balaban J connectivity index is 2.06. The second kappa shape index (κ2) is 4.76. The van der Waals surface area contributed by atoms with Gasteiger partial charge in [-0.2, -0.15) is 0 Å². The summed E-state index contributed by atoms with van der Waals surface area (Å²) in [7, 11) is 0. The average Bonchev–Trinajstić information content (AvgIpc) is 2.76. The first-order valence-corrected chi connectivity index (χ1v) is 7.07. The predicted octanol–water partition coefficient (Wildman–Crippen LogP) is 3.99. The van der Waals surface area contributed by atoms with Crippen molar-refractivity contribution >= 4 is 22.1 Å². The number of thiazole rings is 1. The second-order valence-corrected chi connectivity index (χ2v) is 5.93. The van der Waals surface area contributed by atoms with Crippen LogP contribution in [0.1, 0.15) is 27.2 Å². The smallest absolute Gasteiger partial charge is 0.115 e. The number of hydrogen-bond donors (Lipinski definition) is 1. The van der Waals surface area contributed by atoms with Crippen LogP contribution in [-0.2, 0) is 0 Å². The maximum Gasteiger partial charge on any atom is 0.115 e. The first-order chi connectivity index (χ1) is 9.15. The van der Waals surface area contributed by atoms with Crippen LogP contribution < -0.4 is 0 Å². The van der Waals surface area contributed by atoms with Crippen molar-refractivity contribution in [2.75, 3.05) is 0 Å². The number of benzene rings is 2. The van der Waals surface area contributed by atoms with Gasteiger partial charge >= 0.3 is 0 Å². The van der Waals surface area contributed by atoms with Crippen molar-refractivity contribution in [3.05, 3.63) is 63.6 Å². The van der Waals surface area contributed by atoms with Gasteiger partial charge in [0.2, 0.25) is 0 Å². The van der Waals surface area contributed by atoms with E-state index in [1.807, 2.05) is 32.0 Å². The summed E-state index contributed by atoms with van der Waals surface area (Å²) < 4.78 is 0. The van der Waals surface area contributed by atoms with E-state index in [4.69, 9.17) is 0 Å². The minimum absolute atomic E-state index is 0.587. The van der Waals surface area contributed by atoms with Gasteiger partial charge in [-0.05, 0) is 36.2 Å². The van der Waals surface area contributed by atoms with E-state index in [2.05, 4.69) is 29.2 Å². The Morgan fingerprint density at radius 2 is 1.79 bits per heavy atom. The SMILES string of the molecule is Cc1nc(C)c(C(O)c2ccc3ccccc3c2)s1. The van der Waals surface area contributed by atoms with Gasteiger partial charge in [-0.25, -0.2) is 4.98 Å². The molecular formula is C16H15NOS. The second-order valence-electron chi connectivity index (χ2n) is 4.69. The molecule has 1 N–H and O–H groups in total. The summed E-state index contributed by atoms with van der Waals surface area (Å²) in [5.41, 5.74) is 1.84. The number of nitrogens with zero attached hydrogens (tertiary/aromatic N) is 1. The predicted molar refractivity (Wildman–Crippen MR) is 79.6 cm³/mol. The number of aryl methyl sites for hydroxylation is 2. The van der Waals surface area contributed by atoms with E-state index in [1.165, 1.54) is 5.39 Å². The number of aliphatic hydroxyl groups is 1. The van der Waals surface area contributed by atoms with E-state index >= 15 is 0 Å². The third kappa shape index (κ3) is 2.27.